The van der Waals surface area contributed by atoms with Crippen LogP contribution >= 0.6 is 0 Å². The standard InChI is InChI=1S/C24H27N5O3S/c1-33(31,32)28-14-11-19(12-15-28)16-26-23(30)10-9-21-18-29(22-7-3-2-4-8-22)27-24(21)20-6-5-13-25-17-20/h2-10,13,17-19H,11-12,14-16H2,1H3,(H,26,30)/b10-9+. The molecule has 1 fully saturated rings. The number of amides is 1. The first-order chi connectivity index (χ1) is 15.9. The van der Waals surface area contributed by atoms with Gasteiger partial charge in [0.05, 0.1) is 11.9 Å². The molecule has 2 aromatic heterocycles. The highest BCUT2D eigenvalue weighted by molar-refractivity contribution is 7.88. The van der Waals surface area contributed by atoms with E-state index in [0.717, 1.165) is 35.3 Å². The predicted molar refractivity (Wildman–Crippen MR) is 128 cm³/mol. The number of nitrogens with zero attached hydrogens (tertiary/aromatic N) is 4. The van der Waals surface area contributed by atoms with Gasteiger partial charge in [0.25, 0.3) is 0 Å². The topological polar surface area (TPSA) is 97.2 Å². The lowest BCUT2D eigenvalue weighted by atomic mass is 9.98. The van der Waals surface area contributed by atoms with E-state index in [4.69, 9.17) is 5.10 Å². The van der Waals surface area contributed by atoms with Gasteiger partial charge < -0.3 is 5.32 Å². The minimum absolute atomic E-state index is 0.190. The molecule has 0 unspecified atom stereocenters. The highest BCUT2D eigenvalue weighted by atomic mass is 32.2. The van der Waals surface area contributed by atoms with Crippen LogP contribution in [0.15, 0.2) is 67.1 Å². The summed E-state index contributed by atoms with van der Waals surface area (Å²) in [5.74, 6) is 0.0808. The van der Waals surface area contributed by atoms with Gasteiger partial charge in [-0.25, -0.2) is 17.4 Å². The van der Waals surface area contributed by atoms with Crippen LogP contribution in [0.2, 0.25) is 0 Å². The largest absolute Gasteiger partial charge is 0.352 e. The lowest BCUT2D eigenvalue weighted by Gasteiger charge is -2.30. The molecule has 4 rings (SSSR count). The first-order valence-electron chi connectivity index (χ1n) is 10.9. The van der Waals surface area contributed by atoms with E-state index in [-0.39, 0.29) is 11.8 Å². The Kier molecular flexibility index (Phi) is 7.00. The van der Waals surface area contributed by atoms with Crippen LogP contribution < -0.4 is 5.32 Å². The minimum Gasteiger partial charge on any atom is -0.352 e. The van der Waals surface area contributed by atoms with Gasteiger partial charge in [0.15, 0.2) is 0 Å². The monoisotopic (exact) mass is 465 g/mol. The summed E-state index contributed by atoms with van der Waals surface area (Å²) < 4.78 is 26.6. The van der Waals surface area contributed by atoms with Crippen molar-refractivity contribution in [2.45, 2.75) is 12.8 Å². The number of nitrogens with one attached hydrogen (secondary N) is 1. The third-order valence-electron chi connectivity index (χ3n) is 5.72. The van der Waals surface area contributed by atoms with Crippen molar-refractivity contribution in [3.05, 3.63) is 72.7 Å². The quantitative estimate of drug-likeness (QED) is 0.541. The van der Waals surface area contributed by atoms with Crippen molar-refractivity contribution in [1.29, 1.82) is 0 Å². The lowest BCUT2D eigenvalue weighted by Crippen LogP contribution is -2.40. The van der Waals surface area contributed by atoms with Gasteiger partial charge in [-0.3, -0.25) is 9.78 Å². The molecule has 0 saturated carbocycles. The molecule has 3 aromatic rings. The SMILES string of the molecule is CS(=O)(=O)N1CCC(CNC(=O)/C=C/c2cn(-c3ccccc3)nc2-c2cccnc2)CC1. The Morgan fingerprint density at radius 1 is 1.15 bits per heavy atom. The van der Waals surface area contributed by atoms with Gasteiger partial charge in [-0.15, -0.1) is 0 Å². The third-order valence-corrected chi connectivity index (χ3v) is 7.02. The second kappa shape index (κ2) is 10.1. The van der Waals surface area contributed by atoms with Crippen molar-refractivity contribution in [1.82, 2.24) is 24.4 Å². The van der Waals surface area contributed by atoms with Crippen molar-refractivity contribution in [3.63, 3.8) is 0 Å². The van der Waals surface area contributed by atoms with Gasteiger partial charge in [-0.1, -0.05) is 18.2 Å². The number of piperidine rings is 1. The van der Waals surface area contributed by atoms with E-state index < -0.39 is 10.0 Å². The second-order valence-corrected chi connectivity index (χ2v) is 10.1. The van der Waals surface area contributed by atoms with Crippen molar-refractivity contribution in [3.8, 4) is 16.9 Å². The molecule has 0 radical (unpaired) electrons. The summed E-state index contributed by atoms with van der Waals surface area (Å²) >= 11 is 0. The number of carbonyl (C=O) groups is 1. The molecular formula is C24H27N5O3S. The summed E-state index contributed by atoms with van der Waals surface area (Å²) in [5, 5.41) is 7.66. The van der Waals surface area contributed by atoms with E-state index in [1.165, 1.54) is 16.6 Å². The number of benzene rings is 1. The molecule has 1 amide bonds. The van der Waals surface area contributed by atoms with Crippen LogP contribution in [0.5, 0.6) is 0 Å². The molecule has 1 aliphatic heterocycles. The van der Waals surface area contributed by atoms with E-state index >= 15 is 0 Å². The average molecular weight is 466 g/mol. The smallest absolute Gasteiger partial charge is 0.244 e. The maximum atomic E-state index is 12.5. The van der Waals surface area contributed by atoms with Crippen LogP contribution in [0.25, 0.3) is 23.0 Å². The molecule has 0 atom stereocenters. The molecule has 1 aromatic carbocycles. The van der Waals surface area contributed by atoms with Gasteiger partial charge in [0.2, 0.25) is 15.9 Å². The summed E-state index contributed by atoms with van der Waals surface area (Å²) in [5.41, 5.74) is 3.34. The maximum absolute atomic E-state index is 12.5. The molecule has 1 N–H and O–H groups in total. The number of sulfonamides is 1. The predicted octanol–water partition coefficient (Wildman–Crippen LogP) is 2.74. The summed E-state index contributed by atoms with van der Waals surface area (Å²) in [6.07, 6.45) is 11.3. The fourth-order valence-corrected chi connectivity index (χ4v) is 4.74. The van der Waals surface area contributed by atoms with E-state index in [9.17, 15) is 13.2 Å². The Labute approximate surface area is 194 Å². The van der Waals surface area contributed by atoms with Gasteiger partial charge >= 0.3 is 0 Å². The van der Waals surface area contributed by atoms with Crippen LogP contribution in [0.3, 0.4) is 0 Å². The number of pyridine rings is 1. The van der Waals surface area contributed by atoms with E-state index in [2.05, 4.69) is 10.3 Å². The molecule has 1 saturated heterocycles. The van der Waals surface area contributed by atoms with Crippen LogP contribution in [0, 0.1) is 5.92 Å². The number of hydrogen-bond acceptors (Lipinski definition) is 5. The molecule has 8 nitrogen and oxygen atoms in total. The molecule has 172 valence electrons. The van der Waals surface area contributed by atoms with Crippen molar-refractivity contribution in [2.24, 2.45) is 5.92 Å². The molecule has 0 aliphatic carbocycles. The first-order valence-corrected chi connectivity index (χ1v) is 12.7. The first kappa shape index (κ1) is 22.9. The Morgan fingerprint density at radius 2 is 1.91 bits per heavy atom. The van der Waals surface area contributed by atoms with E-state index in [1.54, 1.807) is 23.2 Å². The molecule has 3 heterocycles. The molecule has 0 spiro atoms. The van der Waals surface area contributed by atoms with Crippen LogP contribution in [0.1, 0.15) is 18.4 Å². The molecule has 1 aliphatic rings. The summed E-state index contributed by atoms with van der Waals surface area (Å²) in [7, 11) is -3.14. The molecule has 0 bridgehead atoms. The Morgan fingerprint density at radius 3 is 2.58 bits per heavy atom. The Bertz CT molecular complexity index is 1220. The third kappa shape index (κ3) is 5.94. The maximum Gasteiger partial charge on any atom is 0.244 e. The fraction of sp³-hybridized carbons (Fsp3) is 0.292. The van der Waals surface area contributed by atoms with Gasteiger partial charge in [0, 0.05) is 55.4 Å². The van der Waals surface area contributed by atoms with Crippen molar-refractivity contribution in [2.75, 3.05) is 25.9 Å². The van der Waals surface area contributed by atoms with E-state index in [0.29, 0.717) is 19.6 Å². The number of carbonyl (C=O) groups excluding carboxylic acids is 1. The normalized spacial score (nSPS) is 15.7. The second-order valence-electron chi connectivity index (χ2n) is 8.14. The number of rotatable bonds is 7. The Hall–Kier alpha value is -3.30. The summed E-state index contributed by atoms with van der Waals surface area (Å²) in [6, 6.07) is 13.6. The molecule has 9 heteroatoms. The minimum atomic E-state index is -3.14. The van der Waals surface area contributed by atoms with E-state index in [1.807, 2.05) is 48.7 Å². The fourth-order valence-electron chi connectivity index (χ4n) is 3.86. The van der Waals surface area contributed by atoms with Crippen molar-refractivity contribution < 1.29 is 13.2 Å². The zero-order valence-corrected chi connectivity index (χ0v) is 19.3. The number of para-hydroxylation sites is 1. The zero-order chi connectivity index (χ0) is 23.3. The zero-order valence-electron chi connectivity index (χ0n) is 18.5. The number of hydrogen-bond donors (Lipinski definition) is 1. The summed E-state index contributed by atoms with van der Waals surface area (Å²) in [4.78, 5) is 16.7. The lowest BCUT2D eigenvalue weighted by molar-refractivity contribution is -0.116. The van der Waals surface area contributed by atoms with Crippen molar-refractivity contribution >= 4 is 22.0 Å². The highest BCUT2D eigenvalue weighted by Crippen LogP contribution is 2.24. The van der Waals surface area contributed by atoms with Crippen LogP contribution in [-0.2, 0) is 14.8 Å². The van der Waals surface area contributed by atoms with Crippen LogP contribution in [-0.4, -0.2) is 59.3 Å². The number of aromatic nitrogens is 3. The average Bonchev–Trinajstić information content (AvgIpc) is 3.26. The Balaban J connectivity index is 1.43. The van der Waals surface area contributed by atoms with Gasteiger partial charge in [-0.05, 0) is 49.1 Å². The van der Waals surface area contributed by atoms with Crippen LogP contribution in [0.4, 0.5) is 0 Å². The molecule has 33 heavy (non-hydrogen) atoms. The molecular weight excluding hydrogens is 438 g/mol. The summed E-state index contributed by atoms with van der Waals surface area (Å²) in [6.45, 7) is 1.53. The highest BCUT2D eigenvalue weighted by Gasteiger charge is 2.24. The van der Waals surface area contributed by atoms with Gasteiger partial charge in [-0.2, -0.15) is 5.10 Å². The van der Waals surface area contributed by atoms with Gasteiger partial charge in [0.1, 0.15) is 5.69 Å².